The summed E-state index contributed by atoms with van der Waals surface area (Å²) < 4.78 is 0. The first-order chi connectivity index (χ1) is 21.3. The number of hydrogen-bond donors (Lipinski definition) is 0. The number of pyridine rings is 2. The first-order valence-corrected chi connectivity index (χ1v) is 19.8. The predicted molar refractivity (Wildman–Crippen MR) is 197 cm³/mol. The molecule has 0 bridgehead atoms. The molecule has 243 valence electrons. The van der Waals surface area contributed by atoms with Crippen molar-refractivity contribution < 1.29 is 20.1 Å². The fraction of sp³-hybridized carbons (Fsp3) is 0.333. The van der Waals surface area contributed by atoms with E-state index in [1.54, 1.807) is 0 Å². The average Bonchev–Trinajstić information content (AvgIpc) is 2.97. The Morgan fingerprint density at radius 3 is 1.59 bits per heavy atom. The van der Waals surface area contributed by atoms with Crippen LogP contribution in [0.25, 0.3) is 33.6 Å². The van der Waals surface area contributed by atoms with Gasteiger partial charge in [-0.2, -0.15) is 0 Å². The smallest absolute Gasteiger partial charge is 0.0798 e. The molecule has 46 heavy (non-hydrogen) atoms. The summed E-state index contributed by atoms with van der Waals surface area (Å²) in [4.78, 5) is 9.45. The van der Waals surface area contributed by atoms with Crippen LogP contribution in [0.15, 0.2) is 85.2 Å². The number of benzene rings is 3. The monoisotopic (exact) mass is 803 g/mol. The summed E-state index contributed by atoms with van der Waals surface area (Å²) in [5.74, 6) is 1.26. The van der Waals surface area contributed by atoms with Gasteiger partial charge in [0.2, 0.25) is 0 Å². The van der Waals surface area contributed by atoms with Gasteiger partial charge in [0.25, 0.3) is 0 Å². The van der Waals surface area contributed by atoms with Gasteiger partial charge in [0.05, 0.1) is 8.07 Å². The van der Waals surface area contributed by atoms with E-state index in [0.29, 0.717) is 11.8 Å². The molecule has 2 aromatic heterocycles. The van der Waals surface area contributed by atoms with Gasteiger partial charge in [0.15, 0.2) is 0 Å². The normalized spacial score (nSPS) is 11.2. The third kappa shape index (κ3) is 9.91. The van der Waals surface area contributed by atoms with E-state index in [9.17, 15) is 0 Å². The molecule has 3 aromatic carbocycles. The van der Waals surface area contributed by atoms with Crippen molar-refractivity contribution in [3.05, 3.63) is 125 Å². The number of rotatable bonds is 8. The molecule has 0 saturated carbocycles. The Morgan fingerprint density at radius 2 is 1.13 bits per heavy atom. The fourth-order valence-corrected chi connectivity index (χ4v) is 7.71. The molecule has 0 unspecified atom stereocenters. The molecule has 5 rings (SSSR count). The van der Waals surface area contributed by atoms with Crippen LogP contribution in [0.5, 0.6) is 0 Å². The molecule has 0 saturated heterocycles. The van der Waals surface area contributed by atoms with Gasteiger partial charge in [-0.3, -0.25) is 0 Å². The summed E-state index contributed by atoms with van der Waals surface area (Å²) in [6.07, 6.45) is 6.34. The van der Waals surface area contributed by atoms with Gasteiger partial charge in [0, 0.05) is 38.1 Å². The minimum absolute atomic E-state index is 0. The molecular weight excluding hydrogens is 753 g/mol. The Bertz CT molecular complexity index is 1680. The van der Waals surface area contributed by atoms with Crippen molar-refractivity contribution in [2.45, 2.75) is 80.9 Å². The Balaban J connectivity index is 0.000000251. The molecule has 0 aliphatic heterocycles. The van der Waals surface area contributed by atoms with Gasteiger partial charge in [-0.25, -0.2) is 0 Å². The van der Waals surface area contributed by atoms with E-state index < -0.39 is 8.07 Å². The van der Waals surface area contributed by atoms with Gasteiger partial charge in [-0.1, -0.05) is 82.7 Å². The van der Waals surface area contributed by atoms with E-state index in [0.717, 1.165) is 35.4 Å². The van der Waals surface area contributed by atoms with Crippen molar-refractivity contribution in [1.29, 1.82) is 0 Å². The maximum atomic E-state index is 4.77. The quantitative estimate of drug-likeness (QED) is 0.115. The van der Waals surface area contributed by atoms with Crippen LogP contribution < -0.4 is 5.19 Å². The molecule has 4 heteroatoms. The molecule has 0 amide bonds. The van der Waals surface area contributed by atoms with Crippen molar-refractivity contribution in [3.63, 3.8) is 0 Å². The summed E-state index contributed by atoms with van der Waals surface area (Å²) in [6, 6.07) is 31.7. The standard InChI is InChI=1S/C24H26N.C18H24NSi.Ir/c1-16(2)11-21-14-23(20-9-7-6-8-10-20)25-15-22(21)24-18(4)12-17(3)13-19(24)5;1-14(2)11-16-12-17(15-9-7-6-8-10-15)19-13-18(16)20(3,4)5;/h6-9,12-16H,11H2,1-5H3;6-9,12-14H,11H2,1-5H3;/q2*-1;. The number of nitrogens with zero attached hydrogens (tertiary/aromatic N) is 2. The summed E-state index contributed by atoms with van der Waals surface area (Å²) in [5.41, 5.74) is 13.6. The molecule has 0 N–H and O–H groups in total. The summed E-state index contributed by atoms with van der Waals surface area (Å²) >= 11 is 0. The van der Waals surface area contributed by atoms with Crippen LogP contribution in [-0.2, 0) is 32.9 Å². The van der Waals surface area contributed by atoms with E-state index in [1.807, 2.05) is 36.4 Å². The maximum absolute atomic E-state index is 4.77. The van der Waals surface area contributed by atoms with Crippen molar-refractivity contribution >= 4 is 13.3 Å². The molecule has 0 spiro atoms. The van der Waals surface area contributed by atoms with Crippen molar-refractivity contribution in [3.8, 4) is 33.6 Å². The number of aromatic nitrogens is 2. The average molecular weight is 803 g/mol. The van der Waals surface area contributed by atoms with Crippen LogP contribution >= 0.6 is 0 Å². The van der Waals surface area contributed by atoms with E-state index in [-0.39, 0.29) is 20.1 Å². The predicted octanol–water partition coefficient (Wildman–Crippen LogP) is 10.6. The van der Waals surface area contributed by atoms with Gasteiger partial charge in [-0.15, -0.1) is 71.8 Å². The van der Waals surface area contributed by atoms with Crippen LogP contribution in [0.3, 0.4) is 0 Å². The zero-order valence-corrected chi connectivity index (χ0v) is 32.8. The summed E-state index contributed by atoms with van der Waals surface area (Å²) in [6.45, 7) is 22.8. The fourth-order valence-electron chi connectivity index (χ4n) is 6.12. The van der Waals surface area contributed by atoms with Gasteiger partial charge in [-0.05, 0) is 84.3 Å². The molecule has 2 nitrogen and oxygen atoms in total. The van der Waals surface area contributed by atoms with E-state index in [2.05, 4.69) is 134 Å². The molecule has 0 atom stereocenters. The third-order valence-electron chi connectivity index (χ3n) is 7.96. The van der Waals surface area contributed by atoms with Crippen molar-refractivity contribution in [2.24, 2.45) is 11.8 Å². The Hall–Kier alpha value is -3.17. The second-order valence-corrected chi connectivity index (χ2v) is 19.3. The number of hydrogen-bond acceptors (Lipinski definition) is 2. The minimum Gasteiger partial charge on any atom is -0.305 e. The van der Waals surface area contributed by atoms with Gasteiger partial charge < -0.3 is 9.97 Å². The SMILES string of the molecule is CC(C)Cc1cc(-c2[c-]cccc2)ncc1[Si](C)(C)C.Cc1cc(C)c(-c2cnc(-c3[c-]cccc3)cc2CC(C)C)c(C)c1.[Ir]. The van der Waals surface area contributed by atoms with E-state index in [1.165, 1.54) is 44.1 Å². The van der Waals surface area contributed by atoms with Gasteiger partial charge in [0.1, 0.15) is 0 Å². The first kappa shape index (κ1) is 37.3. The molecule has 0 fully saturated rings. The van der Waals surface area contributed by atoms with Crippen LogP contribution in [0.4, 0.5) is 0 Å². The number of aryl methyl sites for hydroxylation is 3. The van der Waals surface area contributed by atoms with Crippen LogP contribution in [0.1, 0.15) is 55.5 Å². The molecule has 5 aromatic rings. The molecule has 0 aliphatic rings. The van der Waals surface area contributed by atoms with E-state index in [4.69, 9.17) is 4.98 Å². The third-order valence-corrected chi connectivity index (χ3v) is 10.0. The topological polar surface area (TPSA) is 25.8 Å². The Morgan fingerprint density at radius 1 is 0.652 bits per heavy atom. The zero-order chi connectivity index (χ0) is 32.7. The van der Waals surface area contributed by atoms with Crippen LogP contribution in [0, 0.1) is 44.7 Å². The molecule has 1 radical (unpaired) electrons. The molecular formula is C42H50IrN2Si-2. The second-order valence-electron chi connectivity index (χ2n) is 14.2. The largest absolute Gasteiger partial charge is 0.305 e. The molecule has 0 aliphatic carbocycles. The van der Waals surface area contributed by atoms with E-state index >= 15 is 0 Å². The molecule has 2 heterocycles. The Kier molecular flexibility index (Phi) is 13.4. The summed E-state index contributed by atoms with van der Waals surface area (Å²) in [7, 11) is -1.34. The Labute approximate surface area is 293 Å². The maximum Gasteiger partial charge on any atom is 0.0798 e. The van der Waals surface area contributed by atoms with Crippen LogP contribution in [-0.4, -0.2) is 18.0 Å². The van der Waals surface area contributed by atoms with Gasteiger partial charge >= 0.3 is 0 Å². The van der Waals surface area contributed by atoms with Crippen molar-refractivity contribution in [2.75, 3.05) is 0 Å². The van der Waals surface area contributed by atoms with Crippen molar-refractivity contribution in [1.82, 2.24) is 9.97 Å². The first-order valence-electron chi connectivity index (χ1n) is 16.3. The van der Waals surface area contributed by atoms with Crippen LogP contribution in [0.2, 0.25) is 19.6 Å². The minimum atomic E-state index is -1.34. The second kappa shape index (κ2) is 16.6. The zero-order valence-electron chi connectivity index (χ0n) is 29.4. The summed E-state index contributed by atoms with van der Waals surface area (Å²) in [5, 5.41) is 1.49.